The molecule has 8 nitrogen and oxygen atoms in total. The van der Waals surface area contributed by atoms with Crippen molar-refractivity contribution in [3.8, 4) is 22.8 Å². The van der Waals surface area contributed by atoms with Crippen LogP contribution < -0.4 is 14.8 Å². The molecule has 4 aromatic rings. The van der Waals surface area contributed by atoms with Crippen molar-refractivity contribution in [3.05, 3.63) is 60.2 Å². The standard InChI is InChI=1S/C22H18F3N5O3S/c1-32-17-8-6-13(10-18(17)33-2)16-7-9-19-27-28-21(30(19)29-16)34-12-20(31)26-15-5-3-4-14(11-15)22(23,24)25/h3-11H,12H2,1-2H3,(H,26,31). The lowest BCUT2D eigenvalue weighted by molar-refractivity contribution is -0.137. The van der Waals surface area contributed by atoms with Crippen LogP contribution in [0.2, 0.25) is 0 Å². The molecule has 0 spiro atoms. The van der Waals surface area contributed by atoms with Crippen LogP contribution in [0.5, 0.6) is 11.5 Å². The number of rotatable bonds is 7. The molecule has 34 heavy (non-hydrogen) atoms. The maximum atomic E-state index is 12.9. The number of fused-ring (bicyclic) bond motifs is 1. The summed E-state index contributed by atoms with van der Waals surface area (Å²) in [6, 6.07) is 13.3. The summed E-state index contributed by atoms with van der Waals surface area (Å²) in [5.41, 5.74) is 1.08. The molecule has 0 bridgehead atoms. The number of anilines is 1. The summed E-state index contributed by atoms with van der Waals surface area (Å²) in [5, 5.41) is 15.5. The van der Waals surface area contributed by atoms with E-state index in [4.69, 9.17) is 9.47 Å². The molecule has 0 saturated heterocycles. The number of nitrogens with zero attached hydrogens (tertiary/aromatic N) is 4. The van der Waals surface area contributed by atoms with Gasteiger partial charge in [0.15, 0.2) is 17.1 Å². The van der Waals surface area contributed by atoms with Crippen LogP contribution in [-0.4, -0.2) is 45.7 Å². The van der Waals surface area contributed by atoms with Crippen LogP contribution in [0.25, 0.3) is 16.9 Å². The zero-order valence-electron chi connectivity index (χ0n) is 18.0. The van der Waals surface area contributed by atoms with Gasteiger partial charge in [-0.2, -0.15) is 22.8 Å². The maximum Gasteiger partial charge on any atom is 0.416 e. The van der Waals surface area contributed by atoms with Crippen LogP contribution in [0.4, 0.5) is 18.9 Å². The largest absolute Gasteiger partial charge is 0.493 e. The van der Waals surface area contributed by atoms with Gasteiger partial charge in [-0.15, -0.1) is 10.2 Å². The normalized spacial score (nSPS) is 11.4. The first-order valence-corrected chi connectivity index (χ1v) is 10.8. The second-order valence-electron chi connectivity index (χ2n) is 6.96. The highest BCUT2D eigenvalue weighted by Crippen LogP contribution is 2.32. The van der Waals surface area contributed by atoms with E-state index in [0.717, 1.165) is 29.5 Å². The van der Waals surface area contributed by atoms with Crippen molar-refractivity contribution in [3.63, 3.8) is 0 Å². The van der Waals surface area contributed by atoms with E-state index >= 15 is 0 Å². The summed E-state index contributed by atoms with van der Waals surface area (Å²) >= 11 is 1.06. The number of benzene rings is 2. The molecule has 4 rings (SSSR count). The van der Waals surface area contributed by atoms with Crippen molar-refractivity contribution in [1.29, 1.82) is 0 Å². The fourth-order valence-corrected chi connectivity index (χ4v) is 3.80. The molecule has 0 radical (unpaired) electrons. The van der Waals surface area contributed by atoms with Gasteiger partial charge in [-0.3, -0.25) is 4.79 Å². The van der Waals surface area contributed by atoms with Crippen molar-refractivity contribution in [1.82, 2.24) is 19.8 Å². The van der Waals surface area contributed by atoms with Crippen molar-refractivity contribution in [2.24, 2.45) is 0 Å². The number of hydrogen-bond acceptors (Lipinski definition) is 7. The third-order valence-corrected chi connectivity index (χ3v) is 5.64. The lowest BCUT2D eigenvalue weighted by atomic mass is 10.1. The molecule has 1 amide bonds. The average molecular weight is 489 g/mol. The molecule has 2 heterocycles. The minimum Gasteiger partial charge on any atom is -0.493 e. The summed E-state index contributed by atoms with van der Waals surface area (Å²) < 4.78 is 50.7. The van der Waals surface area contributed by atoms with Crippen molar-refractivity contribution in [2.75, 3.05) is 25.3 Å². The van der Waals surface area contributed by atoms with Crippen LogP contribution in [0.3, 0.4) is 0 Å². The second-order valence-corrected chi connectivity index (χ2v) is 7.90. The van der Waals surface area contributed by atoms with E-state index in [0.29, 0.717) is 28.0 Å². The number of methoxy groups -OCH3 is 2. The average Bonchev–Trinajstić information content (AvgIpc) is 3.24. The minimum atomic E-state index is -4.49. The first kappa shape index (κ1) is 23.4. The molecule has 0 aliphatic carbocycles. The van der Waals surface area contributed by atoms with Crippen LogP contribution >= 0.6 is 11.8 Å². The Morgan fingerprint density at radius 3 is 2.56 bits per heavy atom. The van der Waals surface area contributed by atoms with E-state index in [1.165, 1.54) is 23.8 Å². The first-order valence-electron chi connectivity index (χ1n) is 9.83. The Balaban J connectivity index is 1.50. The highest BCUT2D eigenvalue weighted by atomic mass is 32.2. The predicted octanol–water partition coefficient (Wildman–Crippen LogP) is 4.56. The van der Waals surface area contributed by atoms with Crippen molar-refractivity contribution >= 4 is 29.0 Å². The van der Waals surface area contributed by atoms with Gasteiger partial charge in [0.05, 0.1) is 31.2 Å². The van der Waals surface area contributed by atoms with Gasteiger partial charge >= 0.3 is 6.18 Å². The van der Waals surface area contributed by atoms with Gasteiger partial charge in [-0.25, -0.2) is 0 Å². The number of amides is 1. The Hall–Kier alpha value is -3.80. The topological polar surface area (TPSA) is 90.6 Å². The Morgan fingerprint density at radius 1 is 1.03 bits per heavy atom. The molecule has 176 valence electrons. The Kier molecular flexibility index (Phi) is 6.59. The number of hydrogen-bond donors (Lipinski definition) is 1. The summed E-state index contributed by atoms with van der Waals surface area (Å²) in [7, 11) is 3.09. The van der Waals surface area contributed by atoms with Crippen LogP contribution in [0.15, 0.2) is 59.8 Å². The Morgan fingerprint density at radius 2 is 1.82 bits per heavy atom. The predicted molar refractivity (Wildman–Crippen MR) is 120 cm³/mol. The summed E-state index contributed by atoms with van der Waals surface area (Å²) in [4.78, 5) is 12.3. The molecular weight excluding hydrogens is 471 g/mol. The zero-order chi connectivity index (χ0) is 24.3. The van der Waals surface area contributed by atoms with E-state index in [1.54, 1.807) is 31.4 Å². The number of alkyl halides is 3. The Labute approximate surface area is 196 Å². The third-order valence-electron chi connectivity index (χ3n) is 4.72. The molecule has 0 atom stereocenters. The summed E-state index contributed by atoms with van der Waals surface area (Å²) in [6.07, 6.45) is -4.49. The van der Waals surface area contributed by atoms with Gasteiger partial charge in [-0.1, -0.05) is 17.8 Å². The van der Waals surface area contributed by atoms with Gasteiger partial charge in [0, 0.05) is 11.3 Å². The van der Waals surface area contributed by atoms with E-state index in [-0.39, 0.29) is 11.4 Å². The molecule has 1 N–H and O–H groups in total. The molecule has 2 aromatic carbocycles. The quantitative estimate of drug-likeness (QED) is 0.381. The number of halogens is 3. The van der Waals surface area contributed by atoms with Crippen LogP contribution in [0, 0.1) is 0 Å². The molecule has 12 heteroatoms. The SMILES string of the molecule is COc1ccc(-c2ccc3nnc(SCC(=O)Nc4cccc(C(F)(F)F)c4)n3n2)cc1OC. The smallest absolute Gasteiger partial charge is 0.416 e. The lowest BCUT2D eigenvalue weighted by Gasteiger charge is -2.10. The maximum absolute atomic E-state index is 12.9. The summed E-state index contributed by atoms with van der Waals surface area (Å²) in [6.45, 7) is 0. The van der Waals surface area contributed by atoms with Gasteiger partial charge < -0.3 is 14.8 Å². The van der Waals surface area contributed by atoms with E-state index in [9.17, 15) is 18.0 Å². The highest BCUT2D eigenvalue weighted by Gasteiger charge is 2.30. The molecule has 2 aromatic heterocycles. The number of aromatic nitrogens is 4. The monoisotopic (exact) mass is 489 g/mol. The molecule has 0 unspecified atom stereocenters. The third kappa shape index (κ3) is 5.06. The number of thioether (sulfide) groups is 1. The fourth-order valence-electron chi connectivity index (χ4n) is 3.11. The van der Waals surface area contributed by atoms with E-state index in [2.05, 4.69) is 20.6 Å². The Bertz CT molecular complexity index is 1340. The fraction of sp³-hybridized carbons (Fsp3) is 0.182. The minimum absolute atomic E-state index is 0.0559. The molecule has 0 aliphatic rings. The van der Waals surface area contributed by atoms with Gasteiger partial charge in [0.2, 0.25) is 11.1 Å². The van der Waals surface area contributed by atoms with Crippen molar-refractivity contribution in [2.45, 2.75) is 11.3 Å². The lowest BCUT2D eigenvalue weighted by Crippen LogP contribution is -2.15. The molecule has 0 aliphatic heterocycles. The van der Waals surface area contributed by atoms with Crippen LogP contribution in [-0.2, 0) is 11.0 Å². The number of carbonyl (C=O) groups excluding carboxylic acids is 1. The number of nitrogens with one attached hydrogen (secondary N) is 1. The number of carbonyl (C=O) groups is 1. The van der Waals surface area contributed by atoms with Gasteiger partial charge in [-0.05, 0) is 48.5 Å². The first-order chi connectivity index (χ1) is 16.3. The van der Waals surface area contributed by atoms with E-state index in [1.807, 2.05) is 6.07 Å². The summed E-state index contributed by atoms with van der Waals surface area (Å²) in [5.74, 6) is 0.544. The molecular formula is C22H18F3N5O3S. The van der Waals surface area contributed by atoms with E-state index < -0.39 is 17.6 Å². The van der Waals surface area contributed by atoms with Crippen LogP contribution in [0.1, 0.15) is 5.56 Å². The van der Waals surface area contributed by atoms with Gasteiger partial charge in [0.1, 0.15) is 0 Å². The van der Waals surface area contributed by atoms with Crippen molar-refractivity contribution < 1.29 is 27.4 Å². The zero-order valence-corrected chi connectivity index (χ0v) is 18.8. The molecule has 0 saturated carbocycles. The molecule has 0 fully saturated rings. The highest BCUT2D eigenvalue weighted by molar-refractivity contribution is 7.99. The number of ether oxygens (including phenoxy) is 2. The second kappa shape index (κ2) is 9.59. The van der Waals surface area contributed by atoms with Gasteiger partial charge in [0.25, 0.3) is 0 Å².